The van der Waals surface area contributed by atoms with Crippen molar-refractivity contribution in [3.63, 3.8) is 0 Å². The lowest BCUT2D eigenvalue weighted by Gasteiger charge is -2.27. The van der Waals surface area contributed by atoms with Gasteiger partial charge in [0.05, 0.1) is 19.8 Å². The van der Waals surface area contributed by atoms with Gasteiger partial charge < -0.3 is 15.4 Å². The summed E-state index contributed by atoms with van der Waals surface area (Å²) < 4.78 is 5.31. The highest BCUT2D eigenvalue weighted by Crippen LogP contribution is 2.22. The van der Waals surface area contributed by atoms with Crippen LogP contribution in [0.3, 0.4) is 0 Å². The maximum absolute atomic E-state index is 6.02. The van der Waals surface area contributed by atoms with Crippen LogP contribution >= 0.6 is 0 Å². The topological polar surface area (TPSA) is 50.8 Å². The van der Waals surface area contributed by atoms with Gasteiger partial charge in [-0.2, -0.15) is 0 Å². The molecule has 110 valence electrons. The van der Waals surface area contributed by atoms with Crippen LogP contribution in [0, 0.1) is 0 Å². The molecule has 4 heteroatoms. The lowest BCUT2D eigenvalue weighted by Crippen LogP contribution is -2.44. The minimum atomic E-state index is 0.189. The standard InChI is InChI=1S/C16H25N3O/c1-16(2,3)14-6-4-13(5-7-14)12-18-15(17)19-8-10-20-11-9-19/h4-7H,8-12H2,1-3H3,(H2,17,18). The summed E-state index contributed by atoms with van der Waals surface area (Å²) in [4.78, 5) is 6.55. The smallest absolute Gasteiger partial charge is 0.191 e. The van der Waals surface area contributed by atoms with Crippen molar-refractivity contribution in [2.24, 2.45) is 10.7 Å². The zero-order valence-corrected chi connectivity index (χ0v) is 12.7. The molecular formula is C16H25N3O. The van der Waals surface area contributed by atoms with Crippen LogP contribution < -0.4 is 5.73 Å². The Bertz CT molecular complexity index is 454. The molecule has 0 radical (unpaired) electrons. The monoisotopic (exact) mass is 275 g/mol. The van der Waals surface area contributed by atoms with E-state index in [0.29, 0.717) is 12.5 Å². The normalized spacial score (nSPS) is 17.4. The van der Waals surface area contributed by atoms with Crippen LogP contribution in [-0.4, -0.2) is 37.2 Å². The predicted octanol–water partition coefficient (Wildman–Crippen LogP) is 2.13. The highest BCUT2D eigenvalue weighted by atomic mass is 16.5. The van der Waals surface area contributed by atoms with Crippen LogP contribution in [-0.2, 0) is 16.7 Å². The lowest BCUT2D eigenvalue weighted by molar-refractivity contribution is 0.0674. The van der Waals surface area contributed by atoms with Crippen LogP contribution in [0.5, 0.6) is 0 Å². The van der Waals surface area contributed by atoms with Gasteiger partial charge >= 0.3 is 0 Å². The zero-order chi connectivity index (χ0) is 14.6. The third kappa shape index (κ3) is 3.97. The van der Waals surface area contributed by atoms with Gasteiger partial charge in [0, 0.05) is 13.1 Å². The maximum atomic E-state index is 6.02. The van der Waals surface area contributed by atoms with E-state index in [1.54, 1.807) is 0 Å². The number of rotatable bonds is 2. The van der Waals surface area contributed by atoms with Crippen LogP contribution in [0.2, 0.25) is 0 Å². The van der Waals surface area contributed by atoms with Gasteiger partial charge in [0.2, 0.25) is 0 Å². The van der Waals surface area contributed by atoms with Gasteiger partial charge in [-0.3, -0.25) is 0 Å². The van der Waals surface area contributed by atoms with Crippen molar-refractivity contribution in [1.29, 1.82) is 0 Å². The Labute approximate surface area is 121 Å². The molecule has 0 amide bonds. The molecular weight excluding hydrogens is 250 g/mol. The van der Waals surface area contributed by atoms with Gasteiger partial charge in [0.25, 0.3) is 0 Å². The fourth-order valence-electron chi connectivity index (χ4n) is 2.17. The van der Waals surface area contributed by atoms with Gasteiger partial charge in [-0.15, -0.1) is 0 Å². The lowest BCUT2D eigenvalue weighted by atomic mass is 9.87. The van der Waals surface area contributed by atoms with Gasteiger partial charge in [0.1, 0.15) is 0 Å². The van der Waals surface area contributed by atoms with Crippen molar-refractivity contribution in [2.75, 3.05) is 26.3 Å². The van der Waals surface area contributed by atoms with E-state index in [1.165, 1.54) is 11.1 Å². The molecule has 0 aromatic heterocycles. The fourth-order valence-corrected chi connectivity index (χ4v) is 2.17. The SMILES string of the molecule is CC(C)(C)c1ccc(CN=C(N)N2CCOCC2)cc1. The molecule has 1 saturated heterocycles. The first-order chi connectivity index (χ1) is 9.47. The first-order valence-corrected chi connectivity index (χ1v) is 7.19. The molecule has 0 bridgehead atoms. The molecule has 1 aromatic rings. The summed E-state index contributed by atoms with van der Waals surface area (Å²) >= 11 is 0. The van der Waals surface area contributed by atoms with Crippen LogP contribution in [0.4, 0.5) is 0 Å². The quantitative estimate of drug-likeness (QED) is 0.664. The predicted molar refractivity (Wildman–Crippen MR) is 82.9 cm³/mol. The summed E-state index contributed by atoms with van der Waals surface area (Å²) in [5.41, 5.74) is 8.73. The number of ether oxygens (including phenoxy) is 1. The summed E-state index contributed by atoms with van der Waals surface area (Å²) in [5, 5.41) is 0. The zero-order valence-electron chi connectivity index (χ0n) is 12.7. The van der Waals surface area contributed by atoms with E-state index >= 15 is 0 Å². The molecule has 0 atom stereocenters. The molecule has 2 rings (SSSR count). The number of aliphatic imine (C=N–C) groups is 1. The highest BCUT2D eigenvalue weighted by molar-refractivity contribution is 5.78. The Morgan fingerprint density at radius 2 is 1.80 bits per heavy atom. The summed E-state index contributed by atoms with van der Waals surface area (Å²) in [6, 6.07) is 8.62. The van der Waals surface area contributed by atoms with E-state index in [4.69, 9.17) is 10.5 Å². The Morgan fingerprint density at radius 3 is 2.35 bits per heavy atom. The number of hydrogen-bond acceptors (Lipinski definition) is 2. The largest absolute Gasteiger partial charge is 0.378 e. The van der Waals surface area contributed by atoms with Crippen molar-refractivity contribution in [2.45, 2.75) is 32.7 Å². The van der Waals surface area contributed by atoms with E-state index in [9.17, 15) is 0 Å². The number of guanidine groups is 1. The maximum Gasteiger partial charge on any atom is 0.191 e. The van der Waals surface area contributed by atoms with Crippen molar-refractivity contribution >= 4 is 5.96 Å². The molecule has 1 aliphatic heterocycles. The van der Waals surface area contributed by atoms with Crippen molar-refractivity contribution < 1.29 is 4.74 Å². The average molecular weight is 275 g/mol. The third-order valence-electron chi connectivity index (χ3n) is 3.58. The summed E-state index contributed by atoms with van der Waals surface area (Å²) in [5.74, 6) is 0.619. The molecule has 4 nitrogen and oxygen atoms in total. The Hall–Kier alpha value is -1.55. The highest BCUT2D eigenvalue weighted by Gasteiger charge is 2.13. The average Bonchev–Trinajstić information content (AvgIpc) is 2.45. The van der Waals surface area contributed by atoms with Gasteiger partial charge in [-0.05, 0) is 16.5 Å². The van der Waals surface area contributed by atoms with Crippen LogP contribution in [0.15, 0.2) is 29.3 Å². The molecule has 0 aliphatic carbocycles. The summed E-state index contributed by atoms with van der Waals surface area (Å²) in [7, 11) is 0. The minimum Gasteiger partial charge on any atom is -0.378 e. The van der Waals surface area contributed by atoms with Crippen LogP contribution in [0.25, 0.3) is 0 Å². The molecule has 0 unspecified atom stereocenters. The number of nitrogens with zero attached hydrogens (tertiary/aromatic N) is 2. The molecule has 1 aliphatic rings. The molecule has 0 spiro atoms. The molecule has 2 N–H and O–H groups in total. The number of hydrogen-bond donors (Lipinski definition) is 1. The third-order valence-corrected chi connectivity index (χ3v) is 3.58. The van der Waals surface area contributed by atoms with Gasteiger partial charge in [-0.25, -0.2) is 4.99 Å². The van der Waals surface area contributed by atoms with Gasteiger partial charge in [-0.1, -0.05) is 45.0 Å². The Kier molecular flexibility index (Phi) is 4.65. The fraction of sp³-hybridized carbons (Fsp3) is 0.562. The molecule has 1 fully saturated rings. The van der Waals surface area contributed by atoms with E-state index in [1.807, 2.05) is 0 Å². The Morgan fingerprint density at radius 1 is 1.20 bits per heavy atom. The van der Waals surface area contributed by atoms with Crippen molar-refractivity contribution in [3.05, 3.63) is 35.4 Å². The minimum absolute atomic E-state index is 0.189. The molecule has 1 heterocycles. The van der Waals surface area contributed by atoms with E-state index in [-0.39, 0.29) is 5.41 Å². The number of morpholine rings is 1. The second kappa shape index (κ2) is 6.27. The van der Waals surface area contributed by atoms with Gasteiger partial charge in [0.15, 0.2) is 5.96 Å². The molecule has 1 aromatic carbocycles. The molecule has 20 heavy (non-hydrogen) atoms. The van der Waals surface area contributed by atoms with E-state index in [0.717, 1.165) is 26.3 Å². The number of benzene rings is 1. The second-order valence-electron chi connectivity index (χ2n) is 6.22. The van der Waals surface area contributed by atoms with Crippen molar-refractivity contribution in [3.8, 4) is 0 Å². The first kappa shape index (κ1) is 14.9. The summed E-state index contributed by atoms with van der Waals surface area (Å²) in [6.07, 6.45) is 0. The van der Waals surface area contributed by atoms with E-state index < -0.39 is 0 Å². The van der Waals surface area contributed by atoms with E-state index in [2.05, 4.69) is 54.9 Å². The van der Waals surface area contributed by atoms with Crippen molar-refractivity contribution in [1.82, 2.24) is 4.90 Å². The summed E-state index contributed by atoms with van der Waals surface area (Å²) in [6.45, 7) is 10.4. The van der Waals surface area contributed by atoms with Crippen LogP contribution in [0.1, 0.15) is 31.9 Å². The Balaban J connectivity index is 1.96. The molecule has 0 saturated carbocycles. The first-order valence-electron chi connectivity index (χ1n) is 7.19. The second-order valence-corrected chi connectivity index (χ2v) is 6.22. The number of nitrogens with two attached hydrogens (primary N) is 1.